The number of aryl methyl sites for hydroxylation is 1. The summed E-state index contributed by atoms with van der Waals surface area (Å²) in [5.41, 5.74) is 3.96. The van der Waals surface area contributed by atoms with E-state index >= 15 is 0 Å². The number of aromatic hydroxyl groups is 1. The highest BCUT2D eigenvalue weighted by Crippen LogP contribution is 2.27. The second-order valence-corrected chi connectivity index (χ2v) is 4.37. The molecule has 1 aromatic carbocycles. The third-order valence-electron chi connectivity index (χ3n) is 3.27. The van der Waals surface area contributed by atoms with Crippen molar-refractivity contribution in [2.24, 2.45) is 0 Å². The highest BCUT2D eigenvalue weighted by molar-refractivity contribution is 5.44. The summed E-state index contributed by atoms with van der Waals surface area (Å²) in [6.07, 6.45) is 6.78. The van der Waals surface area contributed by atoms with Crippen molar-refractivity contribution < 1.29 is 5.11 Å². The molecule has 0 amide bonds. The Kier molecular flexibility index (Phi) is 5.37. The maximum atomic E-state index is 9.94. The Morgan fingerprint density at radius 1 is 0.938 bits per heavy atom. The van der Waals surface area contributed by atoms with Crippen LogP contribution in [0.3, 0.4) is 0 Å². The predicted octanol–water partition coefficient (Wildman–Crippen LogP) is 4.25. The van der Waals surface area contributed by atoms with Crippen LogP contribution in [0.4, 0.5) is 0 Å². The zero-order chi connectivity index (χ0) is 12.0. The molecule has 0 atom stereocenters. The predicted molar refractivity (Wildman–Crippen MR) is 70.1 cm³/mol. The number of hydrogen-bond donors (Lipinski definition) is 1. The molecule has 1 N–H and O–H groups in total. The molecule has 0 aromatic heterocycles. The zero-order valence-electron chi connectivity index (χ0n) is 10.8. The molecule has 1 rings (SSSR count). The Balaban J connectivity index is 2.94. The van der Waals surface area contributed by atoms with Gasteiger partial charge in [0, 0.05) is 0 Å². The lowest BCUT2D eigenvalue weighted by Gasteiger charge is -2.14. The molecule has 0 aliphatic carbocycles. The van der Waals surface area contributed by atoms with Crippen molar-refractivity contribution in [3.8, 4) is 5.75 Å². The molecule has 1 aromatic rings. The number of benzene rings is 1. The summed E-state index contributed by atoms with van der Waals surface area (Å²) in [6.45, 7) is 6.57. The fourth-order valence-electron chi connectivity index (χ4n) is 2.33. The Hall–Kier alpha value is -0.980. The summed E-state index contributed by atoms with van der Waals surface area (Å²) in [4.78, 5) is 0. The van der Waals surface area contributed by atoms with Crippen LogP contribution in [0.15, 0.2) is 12.1 Å². The number of unbranched alkanes of at least 4 members (excludes halogenated alkanes) is 2. The first-order valence-corrected chi connectivity index (χ1v) is 6.57. The average Bonchev–Trinajstić information content (AvgIpc) is 2.31. The van der Waals surface area contributed by atoms with Crippen LogP contribution in [0.2, 0.25) is 0 Å². The largest absolute Gasteiger partial charge is 0.508 e. The lowest BCUT2D eigenvalue weighted by molar-refractivity contribution is 0.465. The van der Waals surface area contributed by atoms with Gasteiger partial charge in [0.2, 0.25) is 0 Å². The van der Waals surface area contributed by atoms with Gasteiger partial charge in [0.25, 0.3) is 0 Å². The highest BCUT2D eigenvalue weighted by Gasteiger charge is 2.10. The molecular formula is C15H24O. The van der Waals surface area contributed by atoms with E-state index in [0.29, 0.717) is 5.75 Å². The van der Waals surface area contributed by atoms with Crippen molar-refractivity contribution in [3.63, 3.8) is 0 Å². The Labute approximate surface area is 99.5 Å². The third kappa shape index (κ3) is 3.01. The fourth-order valence-corrected chi connectivity index (χ4v) is 2.33. The molecule has 90 valence electrons. The molecule has 0 radical (unpaired) electrons. The van der Waals surface area contributed by atoms with Crippen LogP contribution in [0.25, 0.3) is 0 Å². The van der Waals surface area contributed by atoms with Gasteiger partial charge in [-0.05, 0) is 48.4 Å². The van der Waals surface area contributed by atoms with Crippen LogP contribution in [0.1, 0.15) is 56.7 Å². The van der Waals surface area contributed by atoms with Crippen molar-refractivity contribution in [2.75, 3.05) is 0 Å². The van der Waals surface area contributed by atoms with Gasteiger partial charge in [-0.1, -0.05) is 39.7 Å². The lowest BCUT2D eigenvalue weighted by atomic mass is 9.93. The van der Waals surface area contributed by atoms with E-state index in [1.54, 1.807) is 0 Å². The standard InChI is InChI=1S/C15H24O/c1-4-7-8-9-14-13(6-3)12(5-2)10-11-15(14)16/h10-11,16H,4-9H2,1-3H3. The van der Waals surface area contributed by atoms with E-state index in [-0.39, 0.29) is 0 Å². The summed E-state index contributed by atoms with van der Waals surface area (Å²) in [5.74, 6) is 0.491. The third-order valence-corrected chi connectivity index (χ3v) is 3.27. The summed E-state index contributed by atoms with van der Waals surface area (Å²) in [5, 5.41) is 9.94. The highest BCUT2D eigenvalue weighted by atomic mass is 16.3. The van der Waals surface area contributed by atoms with Crippen LogP contribution in [0, 0.1) is 0 Å². The van der Waals surface area contributed by atoms with E-state index in [4.69, 9.17) is 0 Å². The molecule has 16 heavy (non-hydrogen) atoms. The van der Waals surface area contributed by atoms with Crippen LogP contribution >= 0.6 is 0 Å². The van der Waals surface area contributed by atoms with Crippen molar-refractivity contribution in [3.05, 3.63) is 28.8 Å². The minimum Gasteiger partial charge on any atom is -0.508 e. The van der Waals surface area contributed by atoms with Gasteiger partial charge in [-0.3, -0.25) is 0 Å². The molecule has 0 unspecified atom stereocenters. The quantitative estimate of drug-likeness (QED) is 0.711. The van der Waals surface area contributed by atoms with E-state index in [9.17, 15) is 5.11 Å². The van der Waals surface area contributed by atoms with E-state index in [2.05, 4.69) is 26.8 Å². The summed E-state index contributed by atoms with van der Waals surface area (Å²) < 4.78 is 0. The number of phenolic OH excluding ortho intramolecular Hbond substituents is 1. The van der Waals surface area contributed by atoms with Gasteiger partial charge in [-0.2, -0.15) is 0 Å². The number of phenols is 1. The monoisotopic (exact) mass is 220 g/mol. The average molecular weight is 220 g/mol. The van der Waals surface area contributed by atoms with Crippen molar-refractivity contribution >= 4 is 0 Å². The first-order chi connectivity index (χ1) is 7.74. The summed E-state index contributed by atoms with van der Waals surface area (Å²) in [7, 11) is 0. The van der Waals surface area contributed by atoms with Crippen molar-refractivity contribution in [1.29, 1.82) is 0 Å². The second kappa shape index (κ2) is 6.57. The molecule has 0 fully saturated rings. The van der Waals surface area contributed by atoms with Crippen molar-refractivity contribution in [1.82, 2.24) is 0 Å². The van der Waals surface area contributed by atoms with Gasteiger partial charge in [-0.25, -0.2) is 0 Å². The summed E-state index contributed by atoms with van der Waals surface area (Å²) in [6, 6.07) is 3.93. The SMILES string of the molecule is CCCCCc1c(O)ccc(CC)c1CC. The van der Waals surface area contributed by atoms with Crippen LogP contribution in [0.5, 0.6) is 5.75 Å². The number of hydrogen-bond acceptors (Lipinski definition) is 1. The normalized spacial score (nSPS) is 10.7. The molecule has 0 spiro atoms. The number of rotatable bonds is 6. The first kappa shape index (κ1) is 13.1. The zero-order valence-corrected chi connectivity index (χ0v) is 10.8. The molecule has 0 heterocycles. The molecule has 0 bridgehead atoms. The molecule has 1 nitrogen and oxygen atoms in total. The van der Waals surface area contributed by atoms with Gasteiger partial charge in [0.1, 0.15) is 5.75 Å². The Morgan fingerprint density at radius 2 is 1.69 bits per heavy atom. The van der Waals surface area contributed by atoms with Gasteiger partial charge in [0.05, 0.1) is 0 Å². The maximum Gasteiger partial charge on any atom is 0.119 e. The molecule has 0 aliphatic heterocycles. The van der Waals surface area contributed by atoms with Crippen LogP contribution in [-0.2, 0) is 19.3 Å². The minimum atomic E-state index is 0.491. The van der Waals surface area contributed by atoms with Crippen molar-refractivity contribution in [2.45, 2.75) is 59.3 Å². The van der Waals surface area contributed by atoms with Gasteiger partial charge in [0.15, 0.2) is 0 Å². The van der Waals surface area contributed by atoms with Gasteiger partial charge < -0.3 is 5.11 Å². The maximum absolute atomic E-state index is 9.94. The fraction of sp³-hybridized carbons (Fsp3) is 0.600. The molecular weight excluding hydrogens is 196 g/mol. The molecule has 1 heteroatoms. The Bertz CT molecular complexity index is 328. The minimum absolute atomic E-state index is 0.491. The molecule has 0 saturated carbocycles. The lowest BCUT2D eigenvalue weighted by Crippen LogP contribution is -1.99. The van der Waals surface area contributed by atoms with Gasteiger partial charge >= 0.3 is 0 Å². The first-order valence-electron chi connectivity index (χ1n) is 6.57. The van der Waals surface area contributed by atoms with Crippen LogP contribution < -0.4 is 0 Å². The summed E-state index contributed by atoms with van der Waals surface area (Å²) >= 11 is 0. The van der Waals surface area contributed by atoms with E-state index in [1.807, 2.05) is 6.07 Å². The Morgan fingerprint density at radius 3 is 2.25 bits per heavy atom. The van der Waals surface area contributed by atoms with E-state index in [0.717, 1.165) is 19.3 Å². The van der Waals surface area contributed by atoms with E-state index in [1.165, 1.54) is 36.0 Å². The molecule has 0 saturated heterocycles. The van der Waals surface area contributed by atoms with Crippen LogP contribution in [-0.4, -0.2) is 5.11 Å². The second-order valence-electron chi connectivity index (χ2n) is 4.37. The molecule has 0 aliphatic rings. The smallest absolute Gasteiger partial charge is 0.119 e. The topological polar surface area (TPSA) is 20.2 Å². The van der Waals surface area contributed by atoms with E-state index < -0.39 is 0 Å². The van der Waals surface area contributed by atoms with Gasteiger partial charge in [-0.15, -0.1) is 0 Å².